The molecule has 2 heteroatoms. The summed E-state index contributed by atoms with van der Waals surface area (Å²) in [6.07, 6.45) is 2.56. The van der Waals surface area contributed by atoms with Gasteiger partial charge in [-0.3, -0.25) is 0 Å². The number of hydrogen-bond acceptors (Lipinski definition) is 2. The van der Waals surface area contributed by atoms with Crippen molar-refractivity contribution in [1.82, 2.24) is 10.2 Å². The highest BCUT2D eigenvalue weighted by molar-refractivity contribution is 4.57. The Morgan fingerprint density at radius 3 is 2.29 bits per heavy atom. The zero-order valence-electron chi connectivity index (χ0n) is 10.5. The topological polar surface area (TPSA) is 15.3 Å². The highest BCUT2D eigenvalue weighted by atomic mass is 15.1. The van der Waals surface area contributed by atoms with Crippen molar-refractivity contribution in [1.29, 1.82) is 0 Å². The van der Waals surface area contributed by atoms with Gasteiger partial charge in [0.25, 0.3) is 0 Å². The largest absolute Gasteiger partial charge is 0.316 e. The van der Waals surface area contributed by atoms with Crippen molar-refractivity contribution >= 4 is 0 Å². The fourth-order valence-corrected chi connectivity index (χ4v) is 1.46. The van der Waals surface area contributed by atoms with Crippen LogP contribution in [0.5, 0.6) is 0 Å². The Labute approximate surface area is 90.1 Å². The quantitative estimate of drug-likeness (QED) is 0.575. The van der Waals surface area contributed by atoms with E-state index in [9.17, 15) is 0 Å². The van der Waals surface area contributed by atoms with E-state index in [4.69, 9.17) is 0 Å². The molecule has 0 aliphatic carbocycles. The molecule has 2 nitrogen and oxygen atoms in total. The minimum atomic E-state index is 0.823. The van der Waals surface area contributed by atoms with Gasteiger partial charge in [-0.05, 0) is 45.1 Å². The third-order valence-corrected chi connectivity index (χ3v) is 2.91. The maximum atomic E-state index is 3.51. The first-order valence-corrected chi connectivity index (χ1v) is 6.17. The van der Waals surface area contributed by atoms with Gasteiger partial charge in [-0.1, -0.05) is 34.1 Å². The van der Waals surface area contributed by atoms with Gasteiger partial charge in [-0.15, -0.1) is 0 Å². The van der Waals surface area contributed by atoms with Crippen LogP contribution in [0.25, 0.3) is 0 Å². The van der Waals surface area contributed by atoms with Crippen LogP contribution in [-0.2, 0) is 0 Å². The van der Waals surface area contributed by atoms with Gasteiger partial charge >= 0.3 is 0 Å². The van der Waals surface area contributed by atoms with Crippen molar-refractivity contribution in [3.05, 3.63) is 0 Å². The fourth-order valence-electron chi connectivity index (χ4n) is 1.46. The van der Waals surface area contributed by atoms with E-state index >= 15 is 0 Å². The molecule has 0 rings (SSSR count). The van der Waals surface area contributed by atoms with Crippen LogP contribution in [0.15, 0.2) is 0 Å². The normalized spacial score (nSPS) is 13.5. The van der Waals surface area contributed by atoms with Crippen LogP contribution >= 0.6 is 0 Å². The van der Waals surface area contributed by atoms with Crippen molar-refractivity contribution in [2.75, 3.05) is 32.7 Å². The molecule has 0 spiro atoms. The minimum absolute atomic E-state index is 0.823. The van der Waals surface area contributed by atoms with Crippen LogP contribution in [0.1, 0.15) is 40.5 Å². The van der Waals surface area contributed by atoms with Gasteiger partial charge in [0, 0.05) is 0 Å². The predicted octanol–water partition coefficient (Wildman–Crippen LogP) is 2.35. The van der Waals surface area contributed by atoms with Gasteiger partial charge in [0.1, 0.15) is 0 Å². The molecule has 0 saturated heterocycles. The Bertz CT molecular complexity index is 111. The predicted molar refractivity (Wildman–Crippen MR) is 64.7 cm³/mol. The van der Waals surface area contributed by atoms with E-state index in [0.717, 1.165) is 5.92 Å². The molecule has 0 heterocycles. The maximum absolute atomic E-state index is 3.51. The molecule has 0 bridgehead atoms. The number of hydrogen-bond donors (Lipinski definition) is 1. The van der Waals surface area contributed by atoms with E-state index in [0.29, 0.717) is 0 Å². The lowest BCUT2D eigenvalue weighted by molar-refractivity contribution is 0.297. The van der Waals surface area contributed by atoms with Crippen LogP contribution < -0.4 is 5.32 Å². The Balaban J connectivity index is 3.20. The summed E-state index contributed by atoms with van der Waals surface area (Å²) in [4.78, 5) is 2.48. The standard InChI is InChI=1S/C12H28N2/c1-5-12(4)11-13-9-8-10-14(6-2)7-3/h12-13H,5-11H2,1-4H3. The molecule has 1 unspecified atom stereocenters. The van der Waals surface area contributed by atoms with Crippen molar-refractivity contribution in [2.24, 2.45) is 5.92 Å². The first-order chi connectivity index (χ1) is 6.74. The molecule has 0 aliphatic heterocycles. The van der Waals surface area contributed by atoms with E-state index in [1.165, 1.54) is 45.6 Å². The molecule has 0 amide bonds. The second-order valence-electron chi connectivity index (χ2n) is 4.10. The van der Waals surface area contributed by atoms with Crippen molar-refractivity contribution in [2.45, 2.75) is 40.5 Å². The van der Waals surface area contributed by atoms with Gasteiger partial charge in [0.15, 0.2) is 0 Å². The molecular formula is C12H28N2. The lowest BCUT2D eigenvalue weighted by Gasteiger charge is -2.18. The molecule has 0 aromatic rings. The molecule has 1 N–H and O–H groups in total. The molecule has 0 saturated carbocycles. The molecule has 0 aromatic heterocycles. The zero-order chi connectivity index (χ0) is 10.8. The summed E-state index contributed by atoms with van der Waals surface area (Å²) in [5, 5.41) is 3.51. The average molecular weight is 200 g/mol. The van der Waals surface area contributed by atoms with Crippen LogP contribution in [0.2, 0.25) is 0 Å². The van der Waals surface area contributed by atoms with E-state index in [1.807, 2.05) is 0 Å². The summed E-state index contributed by atoms with van der Waals surface area (Å²) < 4.78 is 0. The van der Waals surface area contributed by atoms with E-state index in [1.54, 1.807) is 0 Å². The van der Waals surface area contributed by atoms with Gasteiger partial charge in [-0.25, -0.2) is 0 Å². The minimum Gasteiger partial charge on any atom is -0.316 e. The Morgan fingerprint density at radius 1 is 1.14 bits per heavy atom. The van der Waals surface area contributed by atoms with Gasteiger partial charge in [-0.2, -0.15) is 0 Å². The summed E-state index contributed by atoms with van der Waals surface area (Å²) in [6.45, 7) is 15.0. The highest BCUT2D eigenvalue weighted by Gasteiger charge is 1.99. The summed E-state index contributed by atoms with van der Waals surface area (Å²) in [5.74, 6) is 0.823. The fraction of sp³-hybridized carbons (Fsp3) is 1.00. The second-order valence-corrected chi connectivity index (χ2v) is 4.10. The van der Waals surface area contributed by atoms with Gasteiger partial charge in [0.05, 0.1) is 0 Å². The van der Waals surface area contributed by atoms with Gasteiger partial charge < -0.3 is 10.2 Å². The van der Waals surface area contributed by atoms with E-state index < -0.39 is 0 Å². The van der Waals surface area contributed by atoms with Crippen molar-refractivity contribution in [3.63, 3.8) is 0 Å². The van der Waals surface area contributed by atoms with E-state index in [-0.39, 0.29) is 0 Å². The van der Waals surface area contributed by atoms with Crippen LogP contribution in [-0.4, -0.2) is 37.6 Å². The molecule has 0 fully saturated rings. The number of rotatable bonds is 9. The van der Waals surface area contributed by atoms with Crippen LogP contribution in [0.4, 0.5) is 0 Å². The molecule has 14 heavy (non-hydrogen) atoms. The summed E-state index contributed by atoms with van der Waals surface area (Å²) in [6, 6.07) is 0. The van der Waals surface area contributed by atoms with E-state index in [2.05, 4.69) is 37.9 Å². The number of nitrogens with one attached hydrogen (secondary N) is 1. The monoisotopic (exact) mass is 200 g/mol. The smallest absolute Gasteiger partial charge is 0.000687 e. The van der Waals surface area contributed by atoms with Crippen molar-refractivity contribution < 1.29 is 0 Å². The van der Waals surface area contributed by atoms with Crippen molar-refractivity contribution in [3.8, 4) is 0 Å². The zero-order valence-corrected chi connectivity index (χ0v) is 10.5. The lowest BCUT2D eigenvalue weighted by Crippen LogP contribution is -2.28. The Morgan fingerprint density at radius 2 is 1.79 bits per heavy atom. The first-order valence-electron chi connectivity index (χ1n) is 6.17. The van der Waals surface area contributed by atoms with Gasteiger partial charge in [0.2, 0.25) is 0 Å². The molecule has 0 aromatic carbocycles. The summed E-state index contributed by atoms with van der Waals surface area (Å²) >= 11 is 0. The molecule has 86 valence electrons. The lowest BCUT2D eigenvalue weighted by atomic mass is 10.1. The average Bonchev–Trinajstić information content (AvgIpc) is 2.23. The Hall–Kier alpha value is -0.0800. The van der Waals surface area contributed by atoms with Crippen LogP contribution in [0.3, 0.4) is 0 Å². The second kappa shape index (κ2) is 9.47. The third-order valence-electron chi connectivity index (χ3n) is 2.91. The molecule has 0 radical (unpaired) electrons. The third kappa shape index (κ3) is 7.34. The summed E-state index contributed by atoms with van der Waals surface area (Å²) in [5.41, 5.74) is 0. The molecular weight excluding hydrogens is 172 g/mol. The first kappa shape index (κ1) is 13.9. The highest BCUT2D eigenvalue weighted by Crippen LogP contribution is 1.97. The SMILES string of the molecule is CCC(C)CNCCCN(CC)CC. The molecule has 0 aliphatic rings. The summed E-state index contributed by atoms with van der Waals surface area (Å²) in [7, 11) is 0. The molecule has 1 atom stereocenters. The maximum Gasteiger partial charge on any atom is -0.000687 e. The Kier molecular flexibility index (Phi) is 9.42. The number of nitrogens with zero attached hydrogens (tertiary/aromatic N) is 1. The van der Waals surface area contributed by atoms with Crippen LogP contribution in [0, 0.1) is 5.92 Å².